The van der Waals surface area contributed by atoms with E-state index in [9.17, 15) is 9.36 Å². The molecule has 0 saturated carbocycles. The molecule has 0 aliphatic heterocycles. The fraction of sp³-hybridized carbons (Fsp3) is 0.381. The minimum Gasteiger partial charge on any atom is -0.466 e. The van der Waals surface area contributed by atoms with Crippen LogP contribution in [0.3, 0.4) is 0 Å². The number of hydrogen-bond donors (Lipinski definition) is 0. The highest BCUT2D eigenvalue weighted by molar-refractivity contribution is 7.53. The van der Waals surface area contributed by atoms with Crippen LogP contribution in [0.2, 0.25) is 0 Å². The van der Waals surface area contributed by atoms with Gasteiger partial charge in [0.25, 0.3) is 0 Å². The van der Waals surface area contributed by atoms with Gasteiger partial charge in [-0.25, -0.2) is 0 Å². The Kier molecular flexibility index (Phi) is 9.26. The Balaban J connectivity index is 1.89. The third-order valence-corrected chi connectivity index (χ3v) is 5.82. The van der Waals surface area contributed by atoms with Gasteiger partial charge in [-0.3, -0.25) is 9.36 Å². The largest absolute Gasteiger partial charge is 0.466 e. The van der Waals surface area contributed by atoms with E-state index < -0.39 is 7.60 Å². The third kappa shape index (κ3) is 8.53. The highest BCUT2D eigenvalue weighted by Crippen LogP contribution is 2.50. The van der Waals surface area contributed by atoms with Gasteiger partial charge in [-0.1, -0.05) is 60.7 Å². The van der Waals surface area contributed by atoms with Crippen LogP contribution in [0.1, 0.15) is 37.3 Å². The van der Waals surface area contributed by atoms with Crippen LogP contribution >= 0.6 is 7.60 Å². The first kappa shape index (κ1) is 21.4. The standard InChI is InChI=1S/C21H27O5P/c1-2-24-21(22)15-9-10-16-27(23,25-17-19-11-5-3-6-12-19)26-18-20-13-7-4-8-14-20/h3-8,11-14H,2,9-10,15-18H2,1H3. The molecule has 0 aromatic heterocycles. The number of carbonyl (C=O) groups excluding carboxylic acids is 1. The van der Waals surface area contributed by atoms with Gasteiger partial charge in [0.05, 0.1) is 26.0 Å². The van der Waals surface area contributed by atoms with E-state index in [1.807, 2.05) is 60.7 Å². The molecule has 27 heavy (non-hydrogen) atoms. The van der Waals surface area contributed by atoms with Gasteiger partial charge in [0.1, 0.15) is 0 Å². The lowest BCUT2D eigenvalue weighted by Gasteiger charge is -2.19. The molecule has 0 amide bonds. The SMILES string of the molecule is CCOC(=O)CCCCP(=O)(OCc1ccccc1)OCc1ccccc1. The molecule has 0 N–H and O–H groups in total. The van der Waals surface area contributed by atoms with Gasteiger partial charge in [0, 0.05) is 6.42 Å². The Morgan fingerprint density at radius 2 is 1.37 bits per heavy atom. The molecular formula is C21H27O5P. The maximum absolute atomic E-state index is 13.2. The summed E-state index contributed by atoms with van der Waals surface area (Å²) in [4.78, 5) is 11.4. The van der Waals surface area contributed by atoms with Crippen molar-refractivity contribution >= 4 is 13.6 Å². The summed E-state index contributed by atoms with van der Waals surface area (Å²) in [6.45, 7) is 2.61. The predicted molar refractivity (Wildman–Crippen MR) is 105 cm³/mol. The van der Waals surface area contributed by atoms with Crippen molar-refractivity contribution in [2.45, 2.75) is 39.4 Å². The topological polar surface area (TPSA) is 61.8 Å². The lowest BCUT2D eigenvalue weighted by atomic mass is 10.2. The summed E-state index contributed by atoms with van der Waals surface area (Å²) in [6, 6.07) is 19.2. The zero-order chi connectivity index (χ0) is 19.4. The Labute approximate surface area is 161 Å². The second-order valence-corrected chi connectivity index (χ2v) is 8.30. The smallest absolute Gasteiger partial charge is 0.331 e. The second-order valence-electron chi connectivity index (χ2n) is 6.11. The summed E-state index contributed by atoms with van der Waals surface area (Å²) in [5, 5.41) is 0. The maximum Gasteiger partial charge on any atom is 0.331 e. The van der Waals surface area contributed by atoms with Gasteiger partial charge in [0.15, 0.2) is 0 Å². The number of unbranched alkanes of at least 4 members (excludes halogenated alkanes) is 1. The maximum atomic E-state index is 13.2. The van der Waals surface area contributed by atoms with Crippen LogP contribution in [0.25, 0.3) is 0 Å². The van der Waals surface area contributed by atoms with Gasteiger partial charge >= 0.3 is 13.6 Å². The number of esters is 1. The van der Waals surface area contributed by atoms with Crippen molar-refractivity contribution in [2.24, 2.45) is 0 Å². The Morgan fingerprint density at radius 3 is 1.85 bits per heavy atom. The molecule has 146 valence electrons. The zero-order valence-corrected chi connectivity index (χ0v) is 16.6. The van der Waals surface area contributed by atoms with E-state index >= 15 is 0 Å². The van der Waals surface area contributed by atoms with Crippen LogP contribution in [-0.4, -0.2) is 18.7 Å². The number of carbonyl (C=O) groups is 1. The summed E-state index contributed by atoms with van der Waals surface area (Å²) in [5.74, 6) is -0.234. The Bertz CT molecular complexity index is 670. The van der Waals surface area contributed by atoms with E-state index in [2.05, 4.69) is 0 Å². The molecule has 0 unspecified atom stereocenters. The number of rotatable bonds is 12. The van der Waals surface area contributed by atoms with Crippen molar-refractivity contribution < 1.29 is 23.1 Å². The number of benzene rings is 2. The summed E-state index contributed by atoms with van der Waals surface area (Å²) in [5.41, 5.74) is 1.88. The van der Waals surface area contributed by atoms with Crippen molar-refractivity contribution in [1.29, 1.82) is 0 Å². The molecule has 2 rings (SSSR count). The monoisotopic (exact) mass is 390 g/mol. The summed E-state index contributed by atoms with van der Waals surface area (Å²) < 4.78 is 29.5. The lowest BCUT2D eigenvalue weighted by molar-refractivity contribution is -0.143. The van der Waals surface area contributed by atoms with Gasteiger partial charge in [0.2, 0.25) is 0 Å². The first-order valence-electron chi connectivity index (χ1n) is 9.23. The molecule has 0 saturated heterocycles. The van der Waals surface area contributed by atoms with E-state index in [1.165, 1.54) is 0 Å². The Hall–Kier alpha value is -1.94. The van der Waals surface area contributed by atoms with Crippen molar-refractivity contribution in [1.82, 2.24) is 0 Å². The summed E-state index contributed by atoms with van der Waals surface area (Å²) >= 11 is 0. The number of hydrogen-bond acceptors (Lipinski definition) is 5. The average Bonchev–Trinajstić information content (AvgIpc) is 2.70. The molecule has 2 aromatic carbocycles. The Morgan fingerprint density at radius 1 is 0.852 bits per heavy atom. The van der Waals surface area contributed by atoms with Crippen LogP contribution in [0.15, 0.2) is 60.7 Å². The summed E-state index contributed by atoms with van der Waals surface area (Å²) in [6.07, 6.45) is 1.74. The molecule has 2 aromatic rings. The quantitative estimate of drug-likeness (QED) is 0.278. The average molecular weight is 390 g/mol. The molecule has 0 aliphatic carbocycles. The molecule has 6 heteroatoms. The van der Waals surface area contributed by atoms with E-state index in [-0.39, 0.29) is 25.3 Å². The van der Waals surface area contributed by atoms with Crippen LogP contribution in [0.5, 0.6) is 0 Å². The van der Waals surface area contributed by atoms with Crippen LogP contribution in [0, 0.1) is 0 Å². The predicted octanol–water partition coefficient (Wildman–Crippen LogP) is 5.35. The molecule has 0 atom stereocenters. The van der Waals surface area contributed by atoms with E-state index in [1.54, 1.807) is 6.92 Å². The van der Waals surface area contributed by atoms with Gasteiger partial charge < -0.3 is 13.8 Å². The van der Waals surface area contributed by atoms with Gasteiger partial charge in [-0.05, 0) is 30.9 Å². The molecule has 0 radical (unpaired) electrons. The molecule has 0 spiro atoms. The van der Waals surface area contributed by atoms with Gasteiger partial charge in [-0.15, -0.1) is 0 Å². The van der Waals surface area contributed by atoms with Crippen LogP contribution < -0.4 is 0 Å². The van der Waals surface area contributed by atoms with Crippen molar-refractivity contribution in [3.63, 3.8) is 0 Å². The highest BCUT2D eigenvalue weighted by atomic mass is 31.2. The second kappa shape index (κ2) is 11.7. The third-order valence-electron chi connectivity index (χ3n) is 3.91. The molecule has 0 fully saturated rings. The zero-order valence-electron chi connectivity index (χ0n) is 15.7. The van der Waals surface area contributed by atoms with E-state index in [4.69, 9.17) is 13.8 Å². The fourth-order valence-corrected chi connectivity index (χ4v) is 4.10. The first-order chi connectivity index (χ1) is 13.1. The van der Waals surface area contributed by atoms with Gasteiger partial charge in [-0.2, -0.15) is 0 Å². The van der Waals surface area contributed by atoms with Crippen LogP contribution in [0.4, 0.5) is 0 Å². The minimum absolute atomic E-state index is 0.227. The molecular weight excluding hydrogens is 363 g/mol. The fourth-order valence-electron chi connectivity index (χ4n) is 2.47. The number of ether oxygens (including phenoxy) is 1. The molecule has 0 aliphatic rings. The van der Waals surface area contributed by atoms with Crippen molar-refractivity contribution in [3.05, 3.63) is 71.8 Å². The van der Waals surface area contributed by atoms with E-state index in [0.29, 0.717) is 25.9 Å². The highest BCUT2D eigenvalue weighted by Gasteiger charge is 2.24. The molecule has 0 heterocycles. The van der Waals surface area contributed by atoms with Crippen LogP contribution in [-0.2, 0) is 36.4 Å². The minimum atomic E-state index is -3.28. The van der Waals surface area contributed by atoms with Crippen molar-refractivity contribution in [3.8, 4) is 0 Å². The first-order valence-corrected chi connectivity index (χ1v) is 11.0. The van der Waals surface area contributed by atoms with E-state index in [0.717, 1.165) is 11.1 Å². The lowest BCUT2D eigenvalue weighted by Crippen LogP contribution is -2.05. The summed E-state index contributed by atoms with van der Waals surface area (Å²) in [7, 11) is -3.28. The van der Waals surface area contributed by atoms with Crippen molar-refractivity contribution in [2.75, 3.05) is 12.8 Å². The molecule has 0 bridgehead atoms. The normalized spacial score (nSPS) is 11.3. The molecule has 5 nitrogen and oxygen atoms in total.